The lowest BCUT2D eigenvalue weighted by Gasteiger charge is -2.37. The van der Waals surface area contributed by atoms with Crippen molar-refractivity contribution in [2.75, 3.05) is 30.8 Å². The minimum atomic E-state index is -3.45. The van der Waals surface area contributed by atoms with Crippen molar-refractivity contribution >= 4 is 32.5 Å². The molecule has 1 aliphatic rings. The number of hydrogen-bond donors (Lipinski definition) is 2. The molecule has 3 aromatic heterocycles. The number of ether oxygens (including phenoxy) is 1. The van der Waals surface area contributed by atoms with Crippen LogP contribution in [0, 0.1) is 6.92 Å². The molecule has 0 aliphatic carbocycles. The number of nitrogens with zero attached hydrogens (tertiary/aromatic N) is 4. The summed E-state index contributed by atoms with van der Waals surface area (Å²) in [5, 5.41) is 3.71. The van der Waals surface area contributed by atoms with Gasteiger partial charge >= 0.3 is 0 Å². The summed E-state index contributed by atoms with van der Waals surface area (Å²) in [7, 11) is -3.45. The van der Waals surface area contributed by atoms with Gasteiger partial charge < -0.3 is 20.7 Å². The third kappa shape index (κ3) is 8.42. The topological polar surface area (TPSA) is 140 Å². The Balaban J connectivity index is 1.27. The molecule has 10 nitrogen and oxygen atoms in total. The van der Waals surface area contributed by atoms with Gasteiger partial charge in [0.15, 0.2) is 9.84 Å². The number of pyridine rings is 3. The van der Waals surface area contributed by atoms with E-state index < -0.39 is 9.84 Å². The lowest BCUT2D eigenvalue weighted by atomic mass is 10.1. The van der Waals surface area contributed by atoms with Crippen LogP contribution in [0.1, 0.15) is 60.6 Å². The molecule has 0 bridgehead atoms. The Bertz CT molecular complexity index is 1760. The molecule has 45 heavy (non-hydrogen) atoms. The Hall–Kier alpha value is -3.93. The van der Waals surface area contributed by atoms with E-state index in [0.29, 0.717) is 11.3 Å². The van der Waals surface area contributed by atoms with Crippen molar-refractivity contribution < 1.29 is 17.9 Å². The first kappa shape index (κ1) is 32.5. The molecule has 0 spiro atoms. The average Bonchev–Trinajstić information content (AvgIpc) is 3.02. The second-order valence-electron chi connectivity index (χ2n) is 11.8. The van der Waals surface area contributed by atoms with Gasteiger partial charge in [-0.2, -0.15) is 0 Å². The van der Waals surface area contributed by atoms with E-state index in [-0.39, 0.29) is 35.1 Å². The summed E-state index contributed by atoms with van der Waals surface area (Å²) in [5.41, 5.74) is 9.40. The molecule has 3 N–H and O–H groups in total. The van der Waals surface area contributed by atoms with Gasteiger partial charge in [-0.05, 0) is 81.3 Å². The molecule has 5 rings (SSSR count). The normalized spacial score (nSPS) is 17.0. The fourth-order valence-corrected chi connectivity index (χ4v) is 6.71. The van der Waals surface area contributed by atoms with Crippen LogP contribution in [0.3, 0.4) is 0 Å². The first-order valence-electron chi connectivity index (χ1n) is 15.5. The molecule has 1 aliphatic heterocycles. The number of rotatable bonds is 12. The van der Waals surface area contributed by atoms with Gasteiger partial charge in [-0.3, -0.25) is 9.78 Å². The molecule has 4 heterocycles. The summed E-state index contributed by atoms with van der Waals surface area (Å²) in [4.78, 5) is 29.6. The lowest BCUT2D eigenvalue weighted by molar-refractivity contribution is -0.0210. The number of benzene rings is 1. The maximum absolute atomic E-state index is 12.8. The standard InChI is InChI=1S/C34H42N6O4S/c1-23-12-13-25(17-32(23)45(3,42)43)34(41)37-20-27-18-31-26(19-36-27)14-15-30(38-31)29-10-8-11-33(39-29)40-21-24(2)44-28(22-40)9-6-4-5-7-16-35/h8,10-15,17-19,24,28H,4-7,9,16,20-22,35H2,1-3H3,(H,37,41)/t24-,28+/m0/s1. The second-order valence-corrected chi connectivity index (χ2v) is 13.8. The number of nitrogens with two attached hydrogens (primary N) is 1. The van der Waals surface area contributed by atoms with E-state index in [1.54, 1.807) is 25.3 Å². The number of aromatic nitrogens is 3. The summed E-state index contributed by atoms with van der Waals surface area (Å²) in [5.74, 6) is 0.529. The van der Waals surface area contributed by atoms with Gasteiger partial charge in [0.05, 0.1) is 46.2 Å². The van der Waals surface area contributed by atoms with E-state index in [0.717, 1.165) is 73.3 Å². The first-order valence-corrected chi connectivity index (χ1v) is 17.4. The maximum atomic E-state index is 12.8. The zero-order chi connectivity index (χ0) is 32.0. The number of carbonyl (C=O) groups excluding carboxylic acids is 1. The monoisotopic (exact) mass is 630 g/mol. The van der Waals surface area contributed by atoms with Crippen molar-refractivity contribution in [3.8, 4) is 11.4 Å². The van der Waals surface area contributed by atoms with Gasteiger partial charge in [-0.15, -0.1) is 0 Å². The van der Waals surface area contributed by atoms with Gasteiger partial charge in [-0.1, -0.05) is 31.4 Å². The molecular weight excluding hydrogens is 588 g/mol. The number of amides is 1. The average molecular weight is 631 g/mol. The van der Waals surface area contributed by atoms with Gasteiger partial charge in [-0.25, -0.2) is 18.4 Å². The minimum Gasteiger partial charge on any atom is -0.372 e. The highest BCUT2D eigenvalue weighted by atomic mass is 32.2. The van der Waals surface area contributed by atoms with Crippen LogP contribution >= 0.6 is 0 Å². The van der Waals surface area contributed by atoms with Gasteiger partial charge in [0.25, 0.3) is 5.91 Å². The number of hydrogen-bond acceptors (Lipinski definition) is 9. The van der Waals surface area contributed by atoms with Gasteiger partial charge in [0.2, 0.25) is 0 Å². The Morgan fingerprint density at radius 2 is 1.82 bits per heavy atom. The Labute approximate surface area is 265 Å². The van der Waals surface area contributed by atoms with Crippen molar-refractivity contribution in [1.82, 2.24) is 20.3 Å². The van der Waals surface area contributed by atoms with E-state index in [9.17, 15) is 13.2 Å². The number of nitrogens with one attached hydrogen (secondary N) is 1. The molecule has 1 amide bonds. The zero-order valence-electron chi connectivity index (χ0n) is 26.2. The first-order chi connectivity index (χ1) is 21.6. The number of sulfone groups is 1. The van der Waals surface area contributed by atoms with Crippen LogP contribution in [0.25, 0.3) is 22.3 Å². The number of fused-ring (bicyclic) bond motifs is 1. The summed E-state index contributed by atoms with van der Waals surface area (Å²) in [6.45, 7) is 6.33. The second kappa shape index (κ2) is 14.4. The number of aryl methyl sites for hydroxylation is 1. The summed E-state index contributed by atoms with van der Waals surface area (Å²) >= 11 is 0. The molecule has 0 unspecified atom stereocenters. The lowest BCUT2D eigenvalue weighted by Crippen LogP contribution is -2.47. The van der Waals surface area contributed by atoms with E-state index in [1.807, 2.05) is 36.4 Å². The molecule has 1 aromatic carbocycles. The Morgan fingerprint density at radius 1 is 1.02 bits per heavy atom. The number of unbranched alkanes of at least 4 members (excludes halogenated alkanes) is 3. The molecule has 2 atom stereocenters. The van der Waals surface area contributed by atoms with Crippen molar-refractivity contribution in [3.63, 3.8) is 0 Å². The molecule has 4 aromatic rings. The zero-order valence-corrected chi connectivity index (χ0v) is 27.0. The van der Waals surface area contributed by atoms with Gasteiger partial charge in [0.1, 0.15) is 5.82 Å². The smallest absolute Gasteiger partial charge is 0.251 e. The largest absolute Gasteiger partial charge is 0.372 e. The van der Waals surface area contributed by atoms with Crippen LogP contribution in [0.15, 0.2) is 65.7 Å². The van der Waals surface area contributed by atoms with E-state index >= 15 is 0 Å². The van der Waals surface area contributed by atoms with E-state index in [4.69, 9.17) is 20.4 Å². The van der Waals surface area contributed by atoms with E-state index in [1.165, 1.54) is 18.9 Å². The highest BCUT2D eigenvalue weighted by molar-refractivity contribution is 7.90. The molecule has 1 fully saturated rings. The third-order valence-corrected chi connectivity index (χ3v) is 9.28. The Kier molecular flexibility index (Phi) is 10.4. The predicted octanol–water partition coefficient (Wildman–Crippen LogP) is 4.84. The fraction of sp³-hybridized carbons (Fsp3) is 0.412. The summed E-state index contributed by atoms with van der Waals surface area (Å²) in [6.07, 6.45) is 8.74. The highest BCUT2D eigenvalue weighted by Gasteiger charge is 2.26. The van der Waals surface area contributed by atoms with Crippen LogP contribution in [0.5, 0.6) is 0 Å². The maximum Gasteiger partial charge on any atom is 0.251 e. The molecule has 0 radical (unpaired) electrons. The van der Waals surface area contributed by atoms with Crippen LogP contribution in [0.4, 0.5) is 5.82 Å². The molecule has 1 saturated heterocycles. The quantitative estimate of drug-likeness (QED) is 0.211. The molecule has 238 valence electrons. The van der Waals surface area contributed by atoms with Crippen molar-refractivity contribution in [2.45, 2.75) is 69.6 Å². The Morgan fingerprint density at radius 3 is 2.62 bits per heavy atom. The van der Waals surface area contributed by atoms with Crippen LogP contribution in [-0.4, -0.2) is 67.4 Å². The van der Waals surface area contributed by atoms with Crippen molar-refractivity contribution in [3.05, 3.63) is 77.6 Å². The summed E-state index contributed by atoms with van der Waals surface area (Å²) in [6, 6.07) is 16.4. The third-order valence-electron chi connectivity index (χ3n) is 8.04. The molecular formula is C34H42N6O4S. The SMILES string of the molecule is Cc1ccc(C(=O)NCc2cc3nc(-c4cccc(N5C[C@@H](CCCCCCN)O[C@@H](C)C5)n4)ccc3cn2)cc1S(C)(=O)=O. The number of carbonyl (C=O) groups is 1. The number of morpholine rings is 1. The van der Waals surface area contributed by atoms with Crippen molar-refractivity contribution in [2.24, 2.45) is 5.73 Å². The van der Waals surface area contributed by atoms with Crippen LogP contribution in [0.2, 0.25) is 0 Å². The molecule has 0 saturated carbocycles. The highest BCUT2D eigenvalue weighted by Crippen LogP contribution is 2.26. The fourth-order valence-electron chi connectivity index (χ4n) is 5.71. The van der Waals surface area contributed by atoms with Crippen LogP contribution < -0.4 is 16.0 Å². The van der Waals surface area contributed by atoms with E-state index in [2.05, 4.69) is 22.1 Å². The minimum absolute atomic E-state index is 0.121. The predicted molar refractivity (Wildman–Crippen MR) is 177 cm³/mol. The summed E-state index contributed by atoms with van der Waals surface area (Å²) < 4.78 is 30.4. The number of anilines is 1. The molecule has 11 heteroatoms. The van der Waals surface area contributed by atoms with Crippen molar-refractivity contribution in [1.29, 1.82) is 0 Å². The van der Waals surface area contributed by atoms with Gasteiger partial charge in [0, 0.05) is 36.5 Å². The van der Waals surface area contributed by atoms with Crippen LogP contribution in [-0.2, 0) is 21.1 Å².